The van der Waals surface area contributed by atoms with E-state index in [4.69, 9.17) is 17.0 Å². The van der Waals surface area contributed by atoms with E-state index in [2.05, 4.69) is 26.3 Å². The predicted molar refractivity (Wildman–Crippen MR) is 85.9 cm³/mol. The highest BCUT2D eigenvalue weighted by Crippen LogP contribution is 2.43. The van der Waals surface area contributed by atoms with Gasteiger partial charge in [0.2, 0.25) is 11.6 Å². The lowest BCUT2D eigenvalue weighted by Crippen LogP contribution is -2.31. The summed E-state index contributed by atoms with van der Waals surface area (Å²) >= 11 is 4.99. The molecule has 10 heteroatoms. The summed E-state index contributed by atoms with van der Waals surface area (Å²) in [5.41, 5.74) is 1.50. The van der Waals surface area contributed by atoms with Gasteiger partial charge in [0.1, 0.15) is 6.07 Å². The molecule has 25 heavy (non-hydrogen) atoms. The molecule has 120 valence electrons. The number of hydrogen-bond donors (Lipinski definition) is 2. The lowest BCUT2D eigenvalue weighted by Gasteiger charge is -2.26. The van der Waals surface area contributed by atoms with Crippen LogP contribution in [0.5, 0.6) is 5.88 Å². The number of rotatable bonds is 0. The van der Waals surface area contributed by atoms with Crippen molar-refractivity contribution in [3.8, 4) is 17.6 Å². The van der Waals surface area contributed by atoms with Crippen LogP contribution < -0.4 is 10.3 Å². The highest BCUT2D eigenvalue weighted by atomic mass is 32.1. The van der Waals surface area contributed by atoms with Crippen LogP contribution in [0.4, 0.5) is 11.5 Å². The maximum atomic E-state index is 12.2. The van der Waals surface area contributed by atoms with E-state index < -0.39 is 11.8 Å². The molecule has 5 rings (SSSR count). The Morgan fingerprint density at radius 1 is 1.36 bits per heavy atom. The number of fused-ring (bicyclic) bond motifs is 7. The van der Waals surface area contributed by atoms with Crippen LogP contribution in [0.3, 0.4) is 0 Å². The number of ether oxygens (including phenoxy) is 1. The number of aromatic amines is 2. The molecule has 2 aliphatic rings. The van der Waals surface area contributed by atoms with Gasteiger partial charge in [-0.2, -0.15) is 5.26 Å². The van der Waals surface area contributed by atoms with Gasteiger partial charge in [0.15, 0.2) is 16.0 Å². The summed E-state index contributed by atoms with van der Waals surface area (Å²) in [6.45, 7) is 0. The van der Waals surface area contributed by atoms with Gasteiger partial charge < -0.3 is 9.72 Å². The smallest absolute Gasteiger partial charge is 0.351 e. The van der Waals surface area contributed by atoms with E-state index >= 15 is 0 Å². The standard InChI is InChI=1S/C15H7N7O2S/c16-5-7-6-17-21-9-4-2-1-3-8(9)14-22(13(7)21)20-10-11(23)18-15(25)19-12(10)24-14/h1-4,6,14H,(H,18,23,25)/p+1/t14-/m1/s1. The Balaban J connectivity index is 1.89. The van der Waals surface area contributed by atoms with Gasteiger partial charge in [0.05, 0.1) is 11.8 Å². The van der Waals surface area contributed by atoms with Crippen LogP contribution in [0.15, 0.2) is 40.4 Å². The molecule has 0 saturated heterocycles. The number of azo groups is 2. The van der Waals surface area contributed by atoms with E-state index in [-0.39, 0.29) is 16.3 Å². The number of nitrogens with one attached hydrogen (secondary N) is 2. The van der Waals surface area contributed by atoms with Crippen LogP contribution in [0.1, 0.15) is 17.4 Å². The van der Waals surface area contributed by atoms with Crippen molar-refractivity contribution in [2.24, 2.45) is 5.11 Å². The first-order chi connectivity index (χ1) is 12.2. The van der Waals surface area contributed by atoms with Crippen molar-refractivity contribution in [1.82, 2.24) is 19.7 Å². The van der Waals surface area contributed by atoms with Crippen LogP contribution in [-0.4, -0.2) is 24.4 Å². The molecule has 0 bridgehead atoms. The van der Waals surface area contributed by atoms with Crippen LogP contribution >= 0.6 is 12.2 Å². The molecule has 0 fully saturated rings. The number of para-hydroxylation sites is 1. The third-order valence-corrected chi connectivity index (χ3v) is 4.26. The SMILES string of the molecule is N#Cc1cnn2c1[N+]1=Nc3c([nH]c(=S)[nH]c3=O)O[C@@H]1c1ccccc1-2. The molecular formula is C15H8N7O2S+. The van der Waals surface area contributed by atoms with Crippen molar-refractivity contribution in [2.75, 3.05) is 0 Å². The molecule has 3 aromatic rings. The van der Waals surface area contributed by atoms with Gasteiger partial charge in [-0.25, -0.2) is 0 Å². The summed E-state index contributed by atoms with van der Waals surface area (Å²) in [5, 5.41) is 18.1. The van der Waals surface area contributed by atoms with Crippen molar-refractivity contribution in [3.05, 3.63) is 56.7 Å². The Kier molecular flexibility index (Phi) is 2.61. The minimum absolute atomic E-state index is 0.0564. The summed E-state index contributed by atoms with van der Waals surface area (Å²) in [6.07, 6.45) is 0.815. The Morgan fingerprint density at radius 3 is 3.04 bits per heavy atom. The quantitative estimate of drug-likeness (QED) is 0.477. The molecule has 0 aliphatic carbocycles. The fourth-order valence-electron chi connectivity index (χ4n) is 3.02. The summed E-state index contributed by atoms with van der Waals surface area (Å²) in [5.74, 6) is 0.634. The lowest BCUT2D eigenvalue weighted by molar-refractivity contribution is -0.605. The van der Waals surface area contributed by atoms with Gasteiger partial charge in [0.25, 0.3) is 11.8 Å². The van der Waals surface area contributed by atoms with E-state index in [9.17, 15) is 10.1 Å². The summed E-state index contributed by atoms with van der Waals surface area (Å²) in [7, 11) is 0. The molecule has 2 N–H and O–H groups in total. The Bertz CT molecular complexity index is 1240. The first-order valence-electron chi connectivity index (χ1n) is 7.29. The van der Waals surface area contributed by atoms with Crippen molar-refractivity contribution >= 4 is 23.7 Å². The third kappa shape index (κ3) is 1.78. The van der Waals surface area contributed by atoms with Crippen LogP contribution in [0, 0.1) is 16.1 Å². The van der Waals surface area contributed by atoms with Crippen LogP contribution in [0.2, 0.25) is 0 Å². The average Bonchev–Trinajstić information content (AvgIpc) is 3.05. The molecule has 9 nitrogen and oxygen atoms in total. The normalized spacial score (nSPS) is 16.4. The number of hydrogen-bond acceptors (Lipinski definition) is 6. The van der Waals surface area contributed by atoms with Gasteiger partial charge in [-0.1, -0.05) is 31.7 Å². The Hall–Kier alpha value is -3.58. The van der Waals surface area contributed by atoms with E-state index in [1.807, 2.05) is 24.3 Å². The van der Waals surface area contributed by atoms with E-state index in [1.165, 1.54) is 10.9 Å². The average molecular weight is 350 g/mol. The molecule has 0 saturated carbocycles. The van der Waals surface area contributed by atoms with Gasteiger partial charge in [-0.05, 0) is 24.4 Å². The fourth-order valence-corrected chi connectivity index (χ4v) is 3.20. The second-order valence-electron chi connectivity index (χ2n) is 5.47. The summed E-state index contributed by atoms with van der Waals surface area (Å²) < 4.78 is 9.24. The van der Waals surface area contributed by atoms with Crippen molar-refractivity contribution in [2.45, 2.75) is 6.23 Å². The molecule has 0 radical (unpaired) electrons. The number of nitrogens with zero attached hydrogens (tertiary/aromatic N) is 5. The fraction of sp³-hybridized carbons (Fsp3) is 0.0667. The number of nitriles is 1. The maximum absolute atomic E-state index is 12.2. The van der Waals surface area contributed by atoms with Crippen LogP contribution in [-0.2, 0) is 0 Å². The van der Waals surface area contributed by atoms with Gasteiger partial charge in [-0.3, -0.25) is 9.78 Å². The van der Waals surface area contributed by atoms with Gasteiger partial charge in [0, 0.05) is 0 Å². The number of benzene rings is 1. The minimum Gasteiger partial charge on any atom is -0.427 e. The second-order valence-corrected chi connectivity index (χ2v) is 5.87. The third-order valence-electron chi connectivity index (χ3n) is 4.06. The first kappa shape index (κ1) is 13.8. The van der Waals surface area contributed by atoms with E-state index in [0.29, 0.717) is 11.4 Å². The van der Waals surface area contributed by atoms with E-state index in [0.717, 1.165) is 11.3 Å². The minimum atomic E-state index is -0.646. The first-order valence-corrected chi connectivity index (χ1v) is 7.70. The molecule has 0 unspecified atom stereocenters. The number of aromatic nitrogens is 4. The molecule has 1 aromatic carbocycles. The largest absolute Gasteiger partial charge is 0.427 e. The molecule has 2 aliphatic heterocycles. The van der Waals surface area contributed by atoms with Gasteiger partial charge >= 0.3 is 5.82 Å². The van der Waals surface area contributed by atoms with Crippen molar-refractivity contribution in [3.63, 3.8) is 0 Å². The molecule has 2 aromatic heterocycles. The Labute approximate surface area is 144 Å². The number of H-pyrrole nitrogens is 2. The van der Waals surface area contributed by atoms with Crippen molar-refractivity contribution < 1.29 is 9.43 Å². The molecule has 0 amide bonds. The summed E-state index contributed by atoms with van der Waals surface area (Å²) in [6, 6.07) is 9.60. The second kappa shape index (κ2) is 4.71. The zero-order valence-corrected chi connectivity index (χ0v) is 13.2. The monoisotopic (exact) mass is 350 g/mol. The maximum Gasteiger partial charge on any atom is 0.351 e. The molecule has 4 heterocycles. The lowest BCUT2D eigenvalue weighted by atomic mass is 10.1. The predicted octanol–water partition coefficient (Wildman–Crippen LogP) is 2.32. The highest BCUT2D eigenvalue weighted by Gasteiger charge is 2.44. The molecular weight excluding hydrogens is 342 g/mol. The van der Waals surface area contributed by atoms with Crippen LogP contribution in [0.25, 0.3) is 5.69 Å². The van der Waals surface area contributed by atoms with Gasteiger partial charge in [-0.15, -0.1) is 0 Å². The topological polar surface area (TPSA) is 115 Å². The van der Waals surface area contributed by atoms with Crippen molar-refractivity contribution in [1.29, 1.82) is 5.26 Å². The highest BCUT2D eigenvalue weighted by molar-refractivity contribution is 7.71. The summed E-state index contributed by atoms with van der Waals surface area (Å²) in [4.78, 5) is 17.5. The molecule has 0 spiro atoms. The zero-order valence-electron chi connectivity index (χ0n) is 12.4. The molecule has 1 atom stereocenters. The Morgan fingerprint density at radius 2 is 2.20 bits per heavy atom. The zero-order chi connectivity index (χ0) is 17.1. The van der Waals surface area contributed by atoms with E-state index in [1.54, 1.807) is 4.68 Å².